The van der Waals surface area contributed by atoms with Crippen LogP contribution in [0.4, 0.5) is 0 Å². The molecule has 0 bridgehead atoms. The molecular weight excluding hydrogens is 350 g/mol. The summed E-state index contributed by atoms with van der Waals surface area (Å²) in [6, 6.07) is 18.7. The third-order valence-electron chi connectivity index (χ3n) is 5.62. The predicted molar refractivity (Wildman–Crippen MR) is 111 cm³/mol. The number of hydrogen-bond donors (Lipinski definition) is 1. The van der Waals surface area contributed by atoms with Crippen molar-refractivity contribution in [1.29, 1.82) is 0 Å². The maximum Gasteiger partial charge on any atom is 0.237 e. The zero-order valence-electron chi connectivity index (χ0n) is 16.3. The molecule has 4 rings (SSSR count). The van der Waals surface area contributed by atoms with Gasteiger partial charge in [0.2, 0.25) is 5.91 Å². The number of piperazine rings is 1. The highest BCUT2D eigenvalue weighted by atomic mass is 16.3. The first kappa shape index (κ1) is 18.7. The van der Waals surface area contributed by atoms with Gasteiger partial charge in [0.15, 0.2) is 0 Å². The van der Waals surface area contributed by atoms with E-state index in [4.69, 9.17) is 4.42 Å². The first-order valence-corrected chi connectivity index (χ1v) is 9.94. The molecule has 1 N–H and O–H groups in total. The predicted octanol–water partition coefficient (Wildman–Crippen LogP) is 3.26. The lowest BCUT2D eigenvalue weighted by Gasteiger charge is -2.37. The number of hydrogen-bond acceptors (Lipinski definition) is 4. The van der Waals surface area contributed by atoms with Crippen molar-refractivity contribution in [3.8, 4) is 0 Å². The molecule has 1 saturated heterocycles. The van der Waals surface area contributed by atoms with Crippen LogP contribution in [0.25, 0.3) is 10.8 Å². The van der Waals surface area contributed by atoms with Crippen LogP contribution in [0.2, 0.25) is 0 Å². The Morgan fingerprint density at radius 2 is 1.82 bits per heavy atom. The zero-order chi connectivity index (χ0) is 19.3. The van der Waals surface area contributed by atoms with E-state index in [1.54, 1.807) is 6.26 Å². The molecule has 1 fully saturated rings. The van der Waals surface area contributed by atoms with Gasteiger partial charge in [0, 0.05) is 32.7 Å². The molecule has 0 spiro atoms. The lowest BCUT2D eigenvalue weighted by molar-refractivity contribution is -0.126. The van der Waals surface area contributed by atoms with Crippen LogP contribution in [0.15, 0.2) is 65.3 Å². The van der Waals surface area contributed by atoms with Crippen LogP contribution in [0, 0.1) is 0 Å². The average molecular weight is 377 g/mol. The highest BCUT2D eigenvalue weighted by Gasteiger charge is 2.25. The second-order valence-corrected chi connectivity index (χ2v) is 7.42. The third-order valence-corrected chi connectivity index (χ3v) is 5.62. The smallest absolute Gasteiger partial charge is 0.237 e. The summed E-state index contributed by atoms with van der Waals surface area (Å²) in [6.07, 6.45) is 1.63. The van der Waals surface area contributed by atoms with Gasteiger partial charge in [-0.2, -0.15) is 0 Å². The quantitative estimate of drug-likeness (QED) is 0.716. The summed E-state index contributed by atoms with van der Waals surface area (Å²) in [4.78, 5) is 17.2. The highest BCUT2D eigenvalue weighted by Crippen LogP contribution is 2.20. The minimum Gasteiger partial charge on any atom is -0.467 e. The number of carbonyl (C=O) groups is 1. The summed E-state index contributed by atoms with van der Waals surface area (Å²) < 4.78 is 5.28. The summed E-state index contributed by atoms with van der Waals surface area (Å²) in [6.45, 7) is 7.13. The number of nitrogens with zero attached hydrogens (tertiary/aromatic N) is 2. The molecule has 2 heterocycles. The van der Waals surface area contributed by atoms with E-state index in [2.05, 4.69) is 57.6 Å². The van der Waals surface area contributed by atoms with Gasteiger partial charge in [-0.3, -0.25) is 14.6 Å². The van der Waals surface area contributed by atoms with E-state index in [9.17, 15) is 4.79 Å². The van der Waals surface area contributed by atoms with Crippen LogP contribution >= 0.6 is 0 Å². The van der Waals surface area contributed by atoms with Gasteiger partial charge in [0.1, 0.15) is 5.76 Å². The van der Waals surface area contributed by atoms with Gasteiger partial charge in [-0.15, -0.1) is 0 Å². The van der Waals surface area contributed by atoms with Crippen molar-refractivity contribution >= 4 is 16.7 Å². The Kier molecular flexibility index (Phi) is 5.74. The van der Waals surface area contributed by atoms with Crippen LogP contribution in [0.1, 0.15) is 18.2 Å². The molecule has 1 amide bonds. The lowest BCUT2D eigenvalue weighted by Crippen LogP contribution is -2.53. The van der Waals surface area contributed by atoms with Crippen molar-refractivity contribution in [2.24, 2.45) is 0 Å². The molecule has 1 aromatic heterocycles. The SMILES string of the molecule is C[C@@H](C(=O)NCc1ccco1)N1CCN(Cc2cccc3ccccc23)CC1. The fourth-order valence-electron chi connectivity index (χ4n) is 3.88. The van der Waals surface area contributed by atoms with E-state index in [-0.39, 0.29) is 11.9 Å². The zero-order valence-corrected chi connectivity index (χ0v) is 16.3. The van der Waals surface area contributed by atoms with Crippen molar-refractivity contribution < 1.29 is 9.21 Å². The highest BCUT2D eigenvalue weighted by molar-refractivity contribution is 5.85. The van der Waals surface area contributed by atoms with Gasteiger partial charge >= 0.3 is 0 Å². The summed E-state index contributed by atoms with van der Waals surface area (Å²) in [5.74, 6) is 0.833. The Labute approximate surface area is 165 Å². The van der Waals surface area contributed by atoms with E-state index in [0.717, 1.165) is 38.5 Å². The fourth-order valence-corrected chi connectivity index (χ4v) is 3.88. The number of rotatable bonds is 6. The Morgan fingerprint density at radius 1 is 1.04 bits per heavy atom. The van der Waals surface area contributed by atoms with Gasteiger partial charge in [-0.05, 0) is 35.4 Å². The van der Waals surface area contributed by atoms with Crippen LogP contribution in [0.5, 0.6) is 0 Å². The van der Waals surface area contributed by atoms with Crippen molar-refractivity contribution in [2.75, 3.05) is 26.2 Å². The van der Waals surface area contributed by atoms with Crippen molar-refractivity contribution in [2.45, 2.75) is 26.1 Å². The van der Waals surface area contributed by atoms with Gasteiger partial charge in [-0.25, -0.2) is 0 Å². The average Bonchev–Trinajstić information content (AvgIpc) is 3.26. The van der Waals surface area contributed by atoms with Gasteiger partial charge in [0.05, 0.1) is 18.8 Å². The molecule has 5 heteroatoms. The second-order valence-electron chi connectivity index (χ2n) is 7.42. The Morgan fingerprint density at radius 3 is 2.61 bits per heavy atom. The molecule has 3 aromatic rings. The molecule has 0 unspecified atom stereocenters. The Balaban J connectivity index is 1.29. The summed E-state index contributed by atoms with van der Waals surface area (Å²) in [5.41, 5.74) is 1.37. The normalized spacial score (nSPS) is 16.9. The topological polar surface area (TPSA) is 48.7 Å². The molecule has 146 valence electrons. The van der Waals surface area contributed by atoms with Crippen LogP contribution in [-0.4, -0.2) is 47.9 Å². The van der Waals surface area contributed by atoms with Gasteiger partial charge in [-0.1, -0.05) is 42.5 Å². The van der Waals surface area contributed by atoms with Crippen molar-refractivity contribution in [1.82, 2.24) is 15.1 Å². The van der Waals surface area contributed by atoms with E-state index in [1.165, 1.54) is 16.3 Å². The maximum atomic E-state index is 12.4. The number of benzene rings is 2. The van der Waals surface area contributed by atoms with Gasteiger partial charge < -0.3 is 9.73 Å². The molecule has 1 aliphatic rings. The van der Waals surface area contributed by atoms with E-state index in [1.807, 2.05) is 19.1 Å². The van der Waals surface area contributed by atoms with Crippen LogP contribution in [-0.2, 0) is 17.9 Å². The van der Waals surface area contributed by atoms with Crippen LogP contribution < -0.4 is 5.32 Å². The molecule has 0 saturated carbocycles. The fraction of sp³-hybridized carbons (Fsp3) is 0.348. The third kappa shape index (κ3) is 4.26. The first-order chi connectivity index (χ1) is 13.7. The molecule has 28 heavy (non-hydrogen) atoms. The minimum atomic E-state index is -0.130. The standard InChI is InChI=1S/C23H27N3O2/c1-18(23(27)24-16-21-9-5-15-28-21)26-13-11-25(12-14-26)17-20-8-4-7-19-6-2-3-10-22(19)20/h2-10,15,18H,11-14,16-17H2,1H3,(H,24,27)/t18-/m0/s1. The molecule has 0 aliphatic carbocycles. The lowest BCUT2D eigenvalue weighted by atomic mass is 10.0. The maximum absolute atomic E-state index is 12.4. The van der Waals surface area contributed by atoms with Crippen molar-refractivity contribution in [3.63, 3.8) is 0 Å². The summed E-state index contributed by atoms with van der Waals surface area (Å²) >= 11 is 0. The Hall–Kier alpha value is -2.63. The molecule has 5 nitrogen and oxygen atoms in total. The monoisotopic (exact) mass is 377 g/mol. The molecular formula is C23H27N3O2. The number of nitrogens with one attached hydrogen (secondary N) is 1. The van der Waals surface area contributed by atoms with Crippen molar-refractivity contribution in [3.05, 3.63) is 72.2 Å². The summed E-state index contributed by atoms with van der Waals surface area (Å²) in [7, 11) is 0. The largest absolute Gasteiger partial charge is 0.467 e. The number of carbonyl (C=O) groups excluding carboxylic acids is 1. The number of amides is 1. The molecule has 1 aliphatic heterocycles. The minimum absolute atomic E-state index is 0.0545. The molecule has 2 aromatic carbocycles. The Bertz CT molecular complexity index is 909. The second kappa shape index (κ2) is 8.59. The van der Waals surface area contributed by atoms with E-state index in [0.29, 0.717) is 6.54 Å². The van der Waals surface area contributed by atoms with E-state index >= 15 is 0 Å². The summed E-state index contributed by atoms with van der Waals surface area (Å²) in [5, 5.41) is 5.59. The van der Waals surface area contributed by atoms with E-state index < -0.39 is 0 Å². The number of fused-ring (bicyclic) bond motifs is 1. The molecule has 1 atom stereocenters. The first-order valence-electron chi connectivity index (χ1n) is 9.94. The van der Waals surface area contributed by atoms with Crippen LogP contribution in [0.3, 0.4) is 0 Å². The molecule has 0 radical (unpaired) electrons. The number of furan rings is 1. The van der Waals surface area contributed by atoms with Gasteiger partial charge in [0.25, 0.3) is 0 Å².